The highest BCUT2D eigenvalue weighted by molar-refractivity contribution is 5.96. The number of methoxy groups -OCH3 is 2. The van der Waals surface area contributed by atoms with E-state index in [9.17, 15) is 9.59 Å². The van der Waals surface area contributed by atoms with Crippen LogP contribution in [0.2, 0.25) is 0 Å². The summed E-state index contributed by atoms with van der Waals surface area (Å²) < 4.78 is 10.5. The van der Waals surface area contributed by atoms with Crippen molar-refractivity contribution >= 4 is 11.8 Å². The number of amides is 2. The van der Waals surface area contributed by atoms with Gasteiger partial charge in [-0.05, 0) is 48.4 Å². The van der Waals surface area contributed by atoms with Crippen molar-refractivity contribution in [2.24, 2.45) is 0 Å². The Morgan fingerprint density at radius 1 is 1.07 bits per heavy atom. The second-order valence-electron chi connectivity index (χ2n) is 5.65. The maximum atomic E-state index is 12.0. The predicted octanol–water partition coefficient (Wildman–Crippen LogP) is 1.66. The lowest BCUT2D eigenvalue weighted by Gasteiger charge is -2.11. The monoisotopic (exact) mass is 367 g/mol. The molecule has 0 aliphatic rings. The van der Waals surface area contributed by atoms with Crippen LogP contribution in [0.25, 0.3) is 0 Å². The number of rotatable bonds is 8. The van der Waals surface area contributed by atoms with Crippen LogP contribution in [-0.2, 0) is 11.2 Å². The minimum absolute atomic E-state index is 0.148. The predicted molar refractivity (Wildman–Crippen MR) is 99.7 cm³/mol. The number of carbonyl (C=O) groups excluding carboxylic acids is 2. The Morgan fingerprint density at radius 3 is 2.59 bits per heavy atom. The van der Waals surface area contributed by atoms with Gasteiger partial charge in [0.15, 0.2) is 0 Å². The van der Waals surface area contributed by atoms with Gasteiger partial charge >= 0.3 is 0 Å². The number of nitriles is 1. The minimum Gasteiger partial charge on any atom is -0.497 e. The first-order valence-electron chi connectivity index (χ1n) is 8.33. The first-order valence-corrected chi connectivity index (χ1v) is 8.33. The Labute approximate surface area is 157 Å². The van der Waals surface area contributed by atoms with Crippen LogP contribution in [0.3, 0.4) is 0 Å². The van der Waals surface area contributed by atoms with Crippen molar-refractivity contribution in [3.8, 4) is 17.6 Å². The van der Waals surface area contributed by atoms with Gasteiger partial charge in [-0.2, -0.15) is 5.26 Å². The molecular formula is C20H21N3O4. The maximum Gasteiger partial charge on any atom is 0.251 e. The van der Waals surface area contributed by atoms with Crippen molar-refractivity contribution in [1.29, 1.82) is 5.26 Å². The largest absolute Gasteiger partial charge is 0.497 e. The number of nitrogens with one attached hydrogen (secondary N) is 2. The molecule has 2 amide bonds. The first kappa shape index (κ1) is 19.8. The Kier molecular flexibility index (Phi) is 7.20. The summed E-state index contributed by atoms with van der Waals surface area (Å²) in [6.07, 6.45) is 0.560. The second kappa shape index (κ2) is 9.82. The van der Waals surface area contributed by atoms with Crippen molar-refractivity contribution in [3.63, 3.8) is 0 Å². The van der Waals surface area contributed by atoms with E-state index in [2.05, 4.69) is 10.6 Å². The fourth-order valence-corrected chi connectivity index (χ4v) is 2.47. The fourth-order valence-electron chi connectivity index (χ4n) is 2.47. The number of carbonyl (C=O) groups is 2. The average molecular weight is 367 g/mol. The van der Waals surface area contributed by atoms with E-state index < -0.39 is 5.91 Å². The van der Waals surface area contributed by atoms with Gasteiger partial charge in [-0.25, -0.2) is 0 Å². The van der Waals surface area contributed by atoms with Gasteiger partial charge < -0.3 is 20.1 Å². The maximum absolute atomic E-state index is 12.0. The van der Waals surface area contributed by atoms with E-state index in [-0.39, 0.29) is 12.5 Å². The number of benzene rings is 2. The van der Waals surface area contributed by atoms with Gasteiger partial charge in [0, 0.05) is 12.1 Å². The standard InChI is InChI=1S/C20H21N3O4/c1-26-17-6-7-18(27-2)15(11-17)8-9-22-19(24)13-23-20(25)16-5-3-4-14(10-16)12-21/h3-7,10-11H,8-9,13H2,1-2H3,(H,22,24)(H,23,25). The topological polar surface area (TPSA) is 100 Å². The van der Waals surface area contributed by atoms with Crippen LogP contribution in [0, 0.1) is 11.3 Å². The van der Waals surface area contributed by atoms with Gasteiger partial charge in [-0.15, -0.1) is 0 Å². The Morgan fingerprint density at radius 2 is 1.89 bits per heavy atom. The summed E-state index contributed by atoms with van der Waals surface area (Å²) in [5, 5.41) is 14.1. The molecule has 0 unspecified atom stereocenters. The second-order valence-corrected chi connectivity index (χ2v) is 5.65. The molecule has 27 heavy (non-hydrogen) atoms. The SMILES string of the molecule is COc1ccc(OC)c(CCNC(=O)CNC(=O)c2cccc(C#N)c2)c1. The van der Waals surface area contributed by atoms with Crippen molar-refractivity contribution in [3.05, 3.63) is 59.2 Å². The lowest BCUT2D eigenvalue weighted by Crippen LogP contribution is -2.37. The zero-order valence-corrected chi connectivity index (χ0v) is 15.2. The molecule has 0 heterocycles. The van der Waals surface area contributed by atoms with Gasteiger partial charge in [-0.3, -0.25) is 9.59 Å². The summed E-state index contributed by atoms with van der Waals surface area (Å²) in [6, 6.07) is 13.7. The van der Waals surface area contributed by atoms with Gasteiger partial charge in [-0.1, -0.05) is 6.07 Å². The molecule has 0 bridgehead atoms. The lowest BCUT2D eigenvalue weighted by molar-refractivity contribution is -0.120. The molecule has 0 saturated carbocycles. The number of nitrogens with zero attached hydrogens (tertiary/aromatic N) is 1. The van der Waals surface area contributed by atoms with E-state index in [4.69, 9.17) is 14.7 Å². The molecule has 2 N–H and O–H groups in total. The summed E-state index contributed by atoms with van der Waals surface area (Å²) in [6.45, 7) is 0.243. The van der Waals surface area contributed by atoms with Gasteiger partial charge in [0.25, 0.3) is 5.91 Å². The highest BCUT2D eigenvalue weighted by Crippen LogP contribution is 2.24. The Balaban J connectivity index is 1.81. The first-order chi connectivity index (χ1) is 13.1. The molecule has 2 rings (SSSR count). The molecule has 0 aromatic heterocycles. The molecule has 0 atom stereocenters. The zero-order valence-electron chi connectivity index (χ0n) is 15.2. The molecule has 0 spiro atoms. The lowest BCUT2D eigenvalue weighted by atomic mass is 10.1. The molecule has 0 radical (unpaired) electrons. The third-order valence-corrected chi connectivity index (χ3v) is 3.87. The van der Waals surface area contributed by atoms with Gasteiger partial charge in [0.1, 0.15) is 11.5 Å². The van der Waals surface area contributed by atoms with Crippen LogP contribution in [0.1, 0.15) is 21.5 Å². The van der Waals surface area contributed by atoms with Crippen molar-refractivity contribution < 1.29 is 19.1 Å². The van der Waals surface area contributed by atoms with Crippen LogP contribution >= 0.6 is 0 Å². The molecule has 2 aromatic rings. The summed E-state index contributed by atoms with van der Waals surface area (Å²) in [4.78, 5) is 24.0. The third-order valence-electron chi connectivity index (χ3n) is 3.87. The van der Waals surface area contributed by atoms with Crippen LogP contribution in [0.4, 0.5) is 0 Å². The van der Waals surface area contributed by atoms with E-state index in [1.807, 2.05) is 18.2 Å². The smallest absolute Gasteiger partial charge is 0.251 e. The normalized spacial score (nSPS) is 9.81. The third kappa shape index (κ3) is 5.75. The van der Waals surface area contributed by atoms with Gasteiger partial charge in [0.2, 0.25) is 5.91 Å². The quantitative estimate of drug-likeness (QED) is 0.739. The Bertz CT molecular complexity index is 859. The highest BCUT2D eigenvalue weighted by atomic mass is 16.5. The summed E-state index contributed by atoms with van der Waals surface area (Å²) in [5.41, 5.74) is 1.64. The van der Waals surface area contributed by atoms with Crippen molar-refractivity contribution in [2.45, 2.75) is 6.42 Å². The molecule has 0 aliphatic carbocycles. The van der Waals surface area contributed by atoms with Crippen molar-refractivity contribution in [2.75, 3.05) is 27.3 Å². The van der Waals surface area contributed by atoms with E-state index in [1.54, 1.807) is 38.5 Å². The minimum atomic E-state index is -0.406. The molecule has 0 saturated heterocycles. The van der Waals surface area contributed by atoms with Crippen molar-refractivity contribution in [1.82, 2.24) is 10.6 Å². The fraction of sp³-hybridized carbons (Fsp3) is 0.250. The molecule has 0 fully saturated rings. The summed E-state index contributed by atoms with van der Waals surface area (Å²) in [5.74, 6) is 0.720. The van der Waals surface area contributed by atoms with Crippen LogP contribution in [0.15, 0.2) is 42.5 Å². The molecular weight excluding hydrogens is 346 g/mol. The molecule has 0 aliphatic heterocycles. The molecule has 140 valence electrons. The van der Waals surface area contributed by atoms with Crippen LogP contribution in [0.5, 0.6) is 11.5 Å². The van der Waals surface area contributed by atoms with E-state index >= 15 is 0 Å². The molecule has 7 heteroatoms. The number of hydrogen-bond donors (Lipinski definition) is 2. The average Bonchev–Trinajstić information content (AvgIpc) is 2.71. The van der Waals surface area contributed by atoms with E-state index in [0.717, 1.165) is 11.3 Å². The van der Waals surface area contributed by atoms with Crippen LogP contribution < -0.4 is 20.1 Å². The zero-order chi connectivity index (χ0) is 19.6. The summed E-state index contributed by atoms with van der Waals surface area (Å²) in [7, 11) is 3.17. The van der Waals surface area contributed by atoms with Crippen LogP contribution in [-0.4, -0.2) is 39.1 Å². The van der Waals surface area contributed by atoms with Gasteiger partial charge in [0.05, 0.1) is 32.4 Å². The highest BCUT2D eigenvalue weighted by Gasteiger charge is 2.09. The number of hydrogen-bond acceptors (Lipinski definition) is 5. The Hall–Kier alpha value is -3.53. The molecule has 7 nitrogen and oxygen atoms in total. The summed E-state index contributed by atoms with van der Waals surface area (Å²) >= 11 is 0. The van der Waals surface area contributed by atoms with E-state index in [1.165, 1.54) is 6.07 Å². The van der Waals surface area contributed by atoms with E-state index in [0.29, 0.717) is 29.8 Å². The molecule has 2 aromatic carbocycles. The number of ether oxygens (including phenoxy) is 2.